The first-order valence-corrected chi connectivity index (χ1v) is 4.83. The van der Waals surface area contributed by atoms with Crippen LogP contribution in [0.15, 0.2) is 0 Å². The lowest BCUT2D eigenvalue weighted by Crippen LogP contribution is -2.11. The van der Waals surface area contributed by atoms with Crippen LogP contribution in [-0.2, 0) is 4.74 Å². The Kier molecular flexibility index (Phi) is 3.48. The van der Waals surface area contributed by atoms with E-state index in [4.69, 9.17) is 17.3 Å². The van der Waals surface area contributed by atoms with Crippen molar-refractivity contribution in [1.29, 1.82) is 0 Å². The average molecular weight is 330 g/mol. The van der Waals surface area contributed by atoms with Crippen LogP contribution >= 0.6 is 34.2 Å². The van der Waals surface area contributed by atoms with Crippen LogP contribution in [0.4, 0.5) is 10.1 Å². The minimum atomic E-state index is -0.830. The van der Waals surface area contributed by atoms with E-state index in [0.29, 0.717) is 0 Å². The number of carbonyl (C=O) groups excluding carboxylic acids is 1. The molecule has 0 amide bonds. The van der Waals surface area contributed by atoms with Gasteiger partial charge in [-0.25, -0.2) is 14.2 Å². The Balaban J connectivity index is 3.40. The highest BCUT2D eigenvalue weighted by molar-refractivity contribution is 14.1. The zero-order valence-electron chi connectivity index (χ0n) is 6.97. The summed E-state index contributed by atoms with van der Waals surface area (Å²) in [7, 11) is 1.19. The van der Waals surface area contributed by atoms with Crippen molar-refractivity contribution < 1.29 is 13.9 Å². The minimum Gasteiger partial charge on any atom is -0.464 e. The molecule has 0 aromatic carbocycles. The molecule has 1 aromatic heterocycles. The zero-order chi connectivity index (χ0) is 10.9. The van der Waals surface area contributed by atoms with E-state index in [1.54, 1.807) is 22.6 Å². The molecule has 76 valence electrons. The van der Waals surface area contributed by atoms with Crippen molar-refractivity contribution >= 4 is 45.8 Å². The molecule has 0 atom stereocenters. The zero-order valence-corrected chi connectivity index (χ0v) is 9.89. The molecule has 2 N–H and O–H groups in total. The summed E-state index contributed by atoms with van der Waals surface area (Å²) in [6, 6.07) is 0. The van der Waals surface area contributed by atoms with Crippen LogP contribution in [0.25, 0.3) is 0 Å². The number of rotatable bonds is 1. The smallest absolute Gasteiger partial charge is 0.357 e. The number of hydrogen-bond acceptors (Lipinski definition) is 4. The van der Waals surface area contributed by atoms with Gasteiger partial charge in [0.05, 0.1) is 16.4 Å². The second kappa shape index (κ2) is 4.26. The van der Waals surface area contributed by atoms with Crippen molar-refractivity contribution in [2.75, 3.05) is 12.8 Å². The second-order valence-electron chi connectivity index (χ2n) is 2.28. The van der Waals surface area contributed by atoms with Crippen LogP contribution < -0.4 is 5.73 Å². The lowest BCUT2D eigenvalue weighted by Gasteiger charge is -2.06. The highest BCUT2D eigenvalue weighted by Crippen LogP contribution is 2.26. The predicted octanol–water partition coefficient (Wildman–Crippen LogP) is 1.85. The number of nitrogen functional groups attached to an aromatic ring is 1. The van der Waals surface area contributed by atoms with Crippen LogP contribution in [0, 0.1) is 9.39 Å². The number of methoxy groups -OCH3 is 1. The SMILES string of the molecule is COC(=O)c1nc(Cl)c(F)c(N)c1I. The van der Waals surface area contributed by atoms with Crippen LogP contribution in [0.5, 0.6) is 0 Å². The van der Waals surface area contributed by atoms with Crippen molar-refractivity contribution in [3.8, 4) is 0 Å². The summed E-state index contributed by atoms with van der Waals surface area (Å²) in [6.07, 6.45) is 0. The molecule has 1 aromatic rings. The highest BCUT2D eigenvalue weighted by atomic mass is 127. The third-order valence-electron chi connectivity index (χ3n) is 1.45. The number of halogens is 3. The fourth-order valence-corrected chi connectivity index (χ4v) is 1.53. The fourth-order valence-electron chi connectivity index (χ4n) is 0.763. The van der Waals surface area contributed by atoms with Gasteiger partial charge in [-0.2, -0.15) is 0 Å². The maximum Gasteiger partial charge on any atom is 0.357 e. The number of nitrogens with two attached hydrogens (primary N) is 1. The van der Waals surface area contributed by atoms with E-state index < -0.39 is 16.9 Å². The van der Waals surface area contributed by atoms with E-state index in [0.717, 1.165) is 0 Å². The first-order chi connectivity index (χ1) is 6.49. The molecule has 0 fully saturated rings. The largest absolute Gasteiger partial charge is 0.464 e. The number of nitrogens with zero attached hydrogens (tertiary/aromatic N) is 1. The number of pyridine rings is 1. The maximum absolute atomic E-state index is 13.1. The number of aromatic nitrogens is 1. The average Bonchev–Trinajstić information content (AvgIpc) is 2.19. The van der Waals surface area contributed by atoms with Crippen molar-refractivity contribution in [1.82, 2.24) is 4.98 Å². The van der Waals surface area contributed by atoms with Gasteiger partial charge in [0.15, 0.2) is 16.7 Å². The molecule has 0 aliphatic heterocycles. The minimum absolute atomic E-state index is 0.0861. The molecule has 0 radical (unpaired) electrons. The highest BCUT2D eigenvalue weighted by Gasteiger charge is 2.20. The van der Waals surface area contributed by atoms with Gasteiger partial charge >= 0.3 is 5.97 Å². The number of esters is 1. The second-order valence-corrected chi connectivity index (χ2v) is 3.72. The van der Waals surface area contributed by atoms with Crippen LogP contribution in [0.3, 0.4) is 0 Å². The van der Waals surface area contributed by atoms with Gasteiger partial charge in [0.1, 0.15) is 0 Å². The van der Waals surface area contributed by atoms with Crippen molar-refractivity contribution in [2.45, 2.75) is 0 Å². The molecule has 0 saturated carbocycles. The molecule has 0 unspecified atom stereocenters. The predicted molar refractivity (Wildman–Crippen MR) is 57.7 cm³/mol. The molecule has 0 spiro atoms. The van der Waals surface area contributed by atoms with Gasteiger partial charge in [0, 0.05) is 0 Å². The Labute approximate surface area is 97.7 Å². The van der Waals surface area contributed by atoms with Crippen LogP contribution in [-0.4, -0.2) is 18.1 Å². The van der Waals surface area contributed by atoms with Gasteiger partial charge in [0.2, 0.25) is 0 Å². The summed E-state index contributed by atoms with van der Waals surface area (Å²) in [6.45, 7) is 0. The molecule has 7 heteroatoms. The number of carbonyl (C=O) groups is 1. The van der Waals surface area contributed by atoms with E-state index in [-0.39, 0.29) is 15.0 Å². The van der Waals surface area contributed by atoms with E-state index in [9.17, 15) is 9.18 Å². The molecule has 0 aliphatic rings. The summed E-state index contributed by atoms with van der Waals surface area (Å²) in [5.41, 5.74) is 5.07. The quantitative estimate of drug-likeness (QED) is 0.485. The molecule has 0 bridgehead atoms. The molecular weight excluding hydrogens is 325 g/mol. The molecular formula is C7H5ClFIN2O2. The Morgan fingerprint density at radius 3 is 2.79 bits per heavy atom. The summed E-state index contributed by atoms with van der Waals surface area (Å²) < 4.78 is 17.7. The molecule has 0 saturated heterocycles. The number of hydrogen-bond donors (Lipinski definition) is 1. The molecule has 0 aliphatic carbocycles. The van der Waals surface area contributed by atoms with Gasteiger partial charge in [0.25, 0.3) is 0 Å². The first kappa shape index (κ1) is 11.4. The summed E-state index contributed by atoms with van der Waals surface area (Å²) in [5.74, 6) is -1.54. The van der Waals surface area contributed by atoms with Crippen molar-refractivity contribution in [2.24, 2.45) is 0 Å². The first-order valence-electron chi connectivity index (χ1n) is 3.37. The summed E-state index contributed by atoms with van der Waals surface area (Å²) in [4.78, 5) is 14.7. The van der Waals surface area contributed by atoms with E-state index in [2.05, 4.69) is 9.72 Å². The lowest BCUT2D eigenvalue weighted by atomic mass is 10.3. The van der Waals surface area contributed by atoms with Crippen molar-refractivity contribution in [3.63, 3.8) is 0 Å². The summed E-state index contributed by atoms with van der Waals surface area (Å²) in [5, 5.41) is -0.441. The van der Waals surface area contributed by atoms with Crippen LogP contribution in [0.2, 0.25) is 5.15 Å². The Morgan fingerprint density at radius 2 is 2.29 bits per heavy atom. The third-order valence-corrected chi connectivity index (χ3v) is 2.79. The molecule has 1 heterocycles. The van der Waals surface area contributed by atoms with Crippen LogP contribution in [0.1, 0.15) is 10.5 Å². The van der Waals surface area contributed by atoms with Crippen molar-refractivity contribution in [3.05, 3.63) is 20.2 Å². The lowest BCUT2D eigenvalue weighted by molar-refractivity contribution is 0.0592. The van der Waals surface area contributed by atoms with Gasteiger partial charge in [-0.3, -0.25) is 0 Å². The van der Waals surface area contributed by atoms with E-state index in [1.807, 2.05) is 0 Å². The molecule has 14 heavy (non-hydrogen) atoms. The number of anilines is 1. The topological polar surface area (TPSA) is 65.2 Å². The standard InChI is InChI=1S/C7H5ClFIN2O2/c1-14-7(13)5-3(10)4(11)2(9)6(8)12-5/h1H3,(H2,11,12). The van der Waals surface area contributed by atoms with E-state index in [1.165, 1.54) is 7.11 Å². The molecule has 1 rings (SSSR count). The monoisotopic (exact) mass is 330 g/mol. The third kappa shape index (κ3) is 1.90. The van der Waals surface area contributed by atoms with Gasteiger partial charge in [-0.1, -0.05) is 11.6 Å². The number of ether oxygens (including phenoxy) is 1. The van der Waals surface area contributed by atoms with E-state index >= 15 is 0 Å². The maximum atomic E-state index is 13.1. The van der Waals surface area contributed by atoms with Gasteiger partial charge in [-0.15, -0.1) is 0 Å². The normalized spacial score (nSPS) is 10.0. The molecule has 4 nitrogen and oxygen atoms in total. The summed E-state index contributed by atoms with van der Waals surface area (Å²) >= 11 is 7.11. The fraction of sp³-hybridized carbons (Fsp3) is 0.143. The van der Waals surface area contributed by atoms with Gasteiger partial charge < -0.3 is 10.5 Å². The Hall–Kier alpha value is -0.630. The Morgan fingerprint density at radius 1 is 1.71 bits per heavy atom. The Bertz CT molecular complexity index is 400. The van der Waals surface area contributed by atoms with Gasteiger partial charge in [-0.05, 0) is 22.6 Å².